The second kappa shape index (κ2) is 7.61. The first-order chi connectivity index (χ1) is 11.5. The van der Waals surface area contributed by atoms with Gasteiger partial charge in [-0.2, -0.15) is 0 Å². The minimum Gasteiger partial charge on any atom is -0.389 e. The van der Waals surface area contributed by atoms with Crippen molar-refractivity contribution in [2.24, 2.45) is 0 Å². The number of halogens is 2. The minimum absolute atomic E-state index is 0.0407. The molecule has 4 nitrogen and oxygen atoms in total. The maximum Gasteiger partial charge on any atom is 0.233 e. The van der Waals surface area contributed by atoms with Gasteiger partial charge in [-0.25, -0.2) is 0 Å². The molecule has 1 heterocycles. The van der Waals surface area contributed by atoms with Crippen molar-refractivity contribution in [3.8, 4) is 0 Å². The lowest BCUT2D eigenvalue weighted by Gasteiger charge is -2.41. The molecule has 24 heavy (non-hydrogen) atoms. The summed E-state index contributed by atoms with van der Waals surface area (Å²) in [7, 11) is 0. The number of rotatable bonds is 3. The Labute approximate surface area is 152 Å². The van der Waals surface area contributed by atoms with Gasteiger partial charge < -0.3 is 14.7 Å². The largest absolute Gasteiger partial charge is 0.389 e. The average Bonchev–Trinajstić information content (AvgIpc) is 2.59. The SMILES string of the molecule is O=C(C(c1ccc(Cl)c(Cl)c1)C1(O)CCCCC1)N1CCOCC1. The Morgan fingerprint density at radius 1 is 1.12 bits per heavy atom. The highest BCUT2D eigenvalue weighted by Crippen LogP contribution is 2.42. The van der Waals surface area contributed by atoms with E-state index in [0.717, 1.165) is 24.8 Å². The lowest BCUT2D eigenvalue weighted by atomic mass is 9.72. The third-order valence-corrected chi connectivity index (χ3v) is 5.84. The fourth-order valence-electron chi connectivity index (χ4n) is 3.79. The Bertz CT molecular complexity index is 596. The van der Waals surface area contributed by atoms with Crippen molar-refractivity contribution in [3.63, 3.8) is 0 Å². The van der Waals surface area contributed by atoms with E-state index < -0.39 is 11.5 Å². The molecule has 1 saturated heterocycles. The number of nitrogens with zero attached hydrogens (tertiary/aromatic N) is 1. The molecule has 1 aliphatic carbocycles. The zero-order chi connectivity index (χ0) is 17.2. The number of carbonyl (C=O) groups excluding carboxylic acids is 1. The molecule has 0 spiro atoms. The first-order valence-electron chi connectivity index (χ1n) is 8.55. The molecule has 2 aliphatic rings. The van der Waals surface area contributed by atoms with Crippen molar-refractivity contribution in [1.29, 1.82) is 0 Å². The highest BCUT2D eigenvalue weighted by Gasteiger charge is 2.45. The fourth-order valence-corrected chi connectivity index (χ4v) is 4.10. The highest BCUT2D eigenvalue weighted by molar-refractivity contribution is 6.42. The Kier molecular flexibility index (Phi) is 5.70. The van der Waals surface area contributed by atoms with Crippen LogP contribution in [0, 0.1) is 0 Å². The monoisotopic (exact) mass is 371 g/mol. The van der Waals surface area contributed by atoms with Crippen LogP contribution >= 0.6 is 23.2 Å². The molecule has 1 saturated carbocycles. The van der Waals surface area contributed by atoms with Gasteiger partial charge in [0.25, 0.3) is 0 Å². The summed E-state index contributed by atoms with van der Waals surface area (Å²) in [5.41, 5.74) is -0.282. The van der Waals surface area contributed by atoms with Crippen LogP contribution in [0.15, 0.2) is 18.2 Å². The van der Waals surface area contributed by atoms with Crippen LogP contribution in [-0.4, -0.2) is 47.8 Å². The summed E-state index contributed by atoms with van der Waals surface area (Å²) < 4.78 is 5.35. The van der Waals surface area contributed by atoms with Crippen molar-refractivity contribution in [1.82, 2.24) is 4.90 Å². The Morgan fingerprint density at radius 2 is 1.79 bits per heavy atom. The van der Waals surface area contributed by atoms with Gasteiger partial charge in [0.1, 0.15) is 0 Å². The standard InChI is InChI=1S/C18H23Cl2NO3/c19-14-5-4-13(12-15(14)20)16(18(23)6-2-1-3-7-18)17(22)21-8-10-24-11-9-21/h4-5,12,16,23H,1-3,6-11H2. The summed E-state index contributed by atoms with van der Waals surface area (Å²) in [6, 6.07) is 5.23. The van der Waals surface area contributed by atoms with E-state index in [9.17, 15) is 9.90 Å². The van der Waals surface area contributed by atoms with Crippen LogP contribution < -0.4 is 0 Å². The van der Waals surface area contributed by atoms with Crippen molar-refractivity contribution in [3.05, 3.63) is 33.8 Å². The zero-order valence-corrected chi connectivity index (χ0v) is 15.2. The maximum atomic E-state index is 13.2. The number of hydrogen-bond donors (Lipinski definition) is 1. The second-order valence-corrected chi connectivity index (χ2v) is 7.52. The lowest BCUT2D eigenvalue weighted by Crippen LogP contribution is -2.50. The minimum atomic E-state index is -1.02. The quantitative estimate of drug-likeness (QED) is 0.882. The van der Waals surface area contributed by atoms with Crippen molar-refractivity contribution in [2.75, 3.05) is 26.3 Å². The lowest BCUT2D eigenvalue weighted by molar-refractivity contribution is -0.145. The highest BCUT2D eigenvalue weighted by atomic mass is 35.5. The molecule has 0 radical (unpaired) electrons. The maximum absolute atomic E-state index is 13.2. The van der Waals surface area contributed by atoms with Crippen LogP contribution in [0.2, 0.25) is 10.0 Å². The number of ether oxygens (including phenoxy) is 1. The summed E-state index contributed by atoms with van der Waals surface area (Å²) >= 11 is 12.2. The van der Waals surface area contributed by atoms with E-state index in [2.05, 4.69) is 0 Å². The predicted octanol–water partition coefficient (Wildman–Crippen LogP) is 3.63. The molecule has 1 aliphatic heterocycles. The molecule has 0 bridgehead atoms. The number of benzene rings is 1. The summed E-state index contributed by atoms with van der Waals surface area (Å²) in [5, 5.41) is 12.2. The van der Waals surface area contributed by atoms with E-state index in [1.165, 1.54) is 0 Å². The number of morpholine rings is 1. The zero-order valence-electron chi connectivity index (χ0n) is 13.6. The molecule has 132 valence electrons. The predicted molar refractivity (Wildman–Crippen MR) is 94.6 cm³/mol. The first kappa shape index (κ1) is 18.0. The van der Waals surface area contributed by atoms with E-state index in [-0.39, 0.29) is 5.91 Å². The molecule has 0 aromatic heterocycles. The van der Waals surface area contributed by atoms with Gasteiger partial charge in [0.2, 0.25) is 5.91 Å². The summed E-state index contributed by atoms with van der Waals surface area (Å²) in [6.45, 7) is 2.20. The van der Waals surface area contributed by atoms with Gasteiger partial charge in [-0.15, -0.1) is 0 Å². The van der Waals surface area contributed by atoms with Crippen LogP contribution in [0.1, 0.15) is 43.6 Å². The van der Waals surface area contributed by atoms with Crippen molar-refractivity contribution >= 4 is 29.1 Å². The molecule has 3 rings (SSSR count). The van der Waals surface area contributed by atoms with Gasteiger partial charge in [0.05, 0.1) is 34.8 Å². The summed E-state index contributed by atoms with van der Waals surface area (Å²) in [5.74, 6) is -0.647. The third kappa shape index (κ3) is 3.72. The molecule has 6 heteroatoms. The number of amides is 1. The average molecular weight is 372 g/mol. The van der Waals surface area contributed by atoms with Gasteiger partial charge in [0.15, 0.2) is 0 Å². The van der Waals surface area contributed by atoms with E-state index in [4.69, 9.17) is 27.9 Å². The molecule has 1 unspecified atom stereocenters. The Hall–Kier alpha value is -0.810. The molecular formula is C18H23Cl2NO3. The van der Waals surface area contributed by atoms with Gasteiger partial charge in [-0.05, 0) is 30.5 Å². The number of hydrogen-bond acceptors (Lipinski definition) is 3. The van der Waals surface area contributed by atoms with Crippen molar-refractivity contribution < 1.29 is 14.6 Å². The topological polar surface area (TPSA) is 49.8 Å². The third-order valence-electron chi connectivity index (χ3n) is 5.10. The smallest absolute Gasteiger partial charge is 0.233 e. The molecule has 1 aromatic rings. The van der Waals surface area contributed by atoms with Crippen LogP contribution in [-0.2, 0) is 9.53 Å². The van der Waals surface area contributed by atoms with Crippen LogP contribution in [0.3, 0.4) is 0 Å². The summed E-state index contributed by atoms with van der Waals surface area (Å²) in [4.78, 5) is 15.0. The van der Waals surface area contributed by atoms with Crippen LogP contribution in [0.25, 0.3) is 0 Å². The van der Waals surface area contributed by atoms with Gasteiger partial charge in [0, 0.05) is 13.1 Å². The molecule has 1 amide bonds. The van der Waals surface area contributed by atoms with Gasteiger partial charge in [-0.3, -0.25) is 4.79 Å². The second-order valence-electron chi connectivity index (χ2n) is 6.71. The Morgan fingerprint density at radius 3 is 2.42 bits per heavy atom. The molecule has 1 atom stereocenters. The molecular weight excluding hydrogens is 349 g/mol. The van der Waals surface area contributed by atoms with Crippen LogP contribution in [0.4, 0.5) is 0 Å². The van der Waals surface area contributed by atoms with Crippen molar-refractivity contribution in [2.45, 2.75) is 43.6 Å². The molecule has 2 fully saturated rings. The van der Waals surface area contributed by atoms with E-state index in [0.29, 0.717) is 49.2 Å². The van der Waals surface area contributed by atoms with E-state index in [1.807, 2.05) is 6.07 Å². The normalized spacial score (nSPS) is 22.2. The molecule has 1 N–H and O–H groups in total. The summed E-state index contributed by atoms with van der Waals surface area (Å²) in [6.07, 6.45) is 4.24. The number of carbonyl (C=O) groups is 1. The van der Waals surface area contributed by atoms with E-state index in [1.54, 1.807) is 17.0 Å². The van der Waals surface area contributed by atoms with Gasteiger partial charge in [-0.1, -0.05) is 48.5 Å². The molecule has 1 aromatic carbocycles. The Balaban J connectivity index is 1.96. The van der Waals surface area contributed by atoms with Gasteiger partial charge >= 0.3 is 0 Å². The van der Waals surface area contributed by atoms with E-state index >= 15 is 0 Å². The van der Waals surface area contributed by atoms with Crippen LogP contribution in [0.5, 0.6) is 0 Å². The fraction of sp³-hybridized carbons (Fsp3) is 0.611. The first-order valence-corrected chi connectivity index (χ1v) is 9.31. The number of aliphatic hydroxyl groups is 1.